The van der Waals surface area contributed by atoms with E-state index in [4.69, 9.17) is 10.5 Å². The van der Waals surface area contributed by atoms with Crippen molar-refractivity contribution in [1.82, 2.24) is 9.78 Å². The normalized spacial score (nSPS) is 10.8. The van der Waals surface area contributed by atoms with E-state index in [0.29, 0.717) is 0 Å². The van der Waals surface area contributed by atoms with Gasteiger partial charge in [-0.1, -0.05) is 6.92 Å². The number of anilines is 1. The number of hydrogen-bond acceptors (Lipinski definition) is 3. The van der Waals surface area contributed by atoms with Gasteiger partial charge in [0.1, 0.15) is 12.4 Å². The fraction of sp³-hybridized carbons (Fsp3) is 0.308. The molecule has 0 unspecified atom stereocenters. The van der Waals surface area contributed by atoms with Crippen molar-refractivity contribution < 1.29 is 13.5 Å². The van der Waals surface area contributed by atoms with Crippen molar-refractivity contribution in [2.45, 2.75) is 20.0 Å². The van der Waals surface area contributed by atoms with Crippen LogP contribution in [0.4, 0.5) is 14.5 Å². The van der Waals surface area contributed by atoms with Crippen LogP contribution in [0.15, 0.2) is 16.6 Å². The number of halogens is 3. The predicted molar refractivity (Wildman–Crippen MR) is 75.4 cm³/mol. The maximum Gasteiger partial charge on any atom is 0.167 e. The van der Waals surface area contributed by atoms with Crippen LogP contribution in [0.5, 0.6) is 5.75 Å². The molecule has 0 aliphatic carbocycles. The molecule has 20 heavy (non-hydrogen) atoms. The Morgan fingerprint density at radius 3 is 2.65 bits per heavy atom. The van der Waals surface area contributed by atoms with Gasteiger partial charge in [0.05, 0.1) is 21.5 Å². The molecule has 0 fully saturated rings. The van der Waals surface area contributed by atoms with Gasteiger partial charge in [0, 0.05) is 19.2 Å². The molecule has 1 aromatic heterocycles. The van der Waals surface area contributed by atoms with Crippen LogP contribution in [0.1, 0.15) is 18.3 Å². The maximum absolute atomic E-state index is 13.6. The Labute approximate surface area is 123 Å². The molecule has 2 N–H and O–H groups in total. The van der Waals surface area contributed by atoms with Gasteiger partial charge in [0.15, 0.2) is 11.6 Å². The van der Waals surface area contributed by atoms with E-state index in [1.807, 2.05) is 6.92 Å². The lowest BCUT2D eigenvalue weighted by molar-refractivity contribution is 0.278. The summed E-state index contributed by atoms with van der Waals surface area (Å²) in [5.41, 5.74) is 6.66. The van der Waals surface area contributed by atoms with Crippen molar-refractivity contribution in [2.75, 3.05) is 5.73 Å². The highest BCUT2D eigenvalue weighted by Gasteiger charge is 2.15. The first-order valence-corrected chi connectivity index (χ1v) is 6.80. The van der Waals surface area contributed by atoms with Gasteiger partial charge in [-0.05, 0) is 22.4 Å². The van der Waals surface area contributed by atoms with Gasteiger partial charge in [-0.3, -0.25) is 4.68 Å². The second-order valence-electron chi connectivity index (χ2n) is 4.28. The third-order valence-corrected chi connectivity index (χ3v) is 3.83. The Kier molecular flexibility index (Phi) is 4.27. The number of aryl methyl sites for hydroxylation is 2. The quantitative estimate of drug-likeness (QED) is 0.865. The SMILES string of the molecule is CCc1nn(C)c(COc2cc(F)c(N)cc2F)c1Br. The summed E-state index contributed by atoms with van der Waals surface area (Å²) >= 11 is 3.43. The Morgan fingerprint density at radius 1 is 1.35 bits per heavy atom. The molecule has 0 spiro atoms. The Hall–Kier alpha value is -1.63. The second kappa shape index (κ2) is 5.78. The number of benzene rings is 1. The summed E-state index contributed by atoms with van der Waals surface area (Å²) in [5.74, 6) is -1.58. The van der Waals surface area contributed by atoms with Crippen molar-refractivity contribution in [2.24, 2.45) is 7.05 Å². The van der Waals surface area contributed by atoms with Gasteiger partial charge < -0.3 is 10.5 Å². The van der Waals surface area contributed by atoms with Crippen LogP contribution in [0.25, 0.3) is 0 Å². The van der Waals surface area contributed by atoms with Crippen molar-refractivity contribution in [3.05, 3.63) is 39.6 Å². The Morgan fingerprint density at radius 2 is 2.05 bits per heavy atom. The van der Waals surface area contributed by atoms with Crippen molar-refractivity contribution in [3.63, 3.8) is 0 Å². The average Bonchev–Trinajstić information content (AvgIpc) is 2.67. The zero-order valence-corrected chi connectivity index (χ0v) is 12.7. The van der Waals surface area contributed by atoms with Crippen molar-refractivity contribution in [3.8, 4) is 5.75 Å². The van der Waals surface area contributed by atoms with E-state index in [1.165, 1.54) is 0 Å². The molecule has 1 heterocycles. The van der Waals surface area contributed by atoms with Crippen LogP contribution in [-0.4, -0.2) is 9.78 Å². The lowest BCUT2D eigenvalue weighted by Gasteiger charge is -2.09. The summed E-state index contributed by atoms with van der Waals surface area (Å²) in [4.78, 5) is 0. The molecule has 108 valence electrons. The molecule has 0 radical (unpaired) electrons. The van der Waals surface area contributed by atoms with Crippen LogP contribution in [-0.2, 0) is 20.1 Å². The molecule has 0 aliphatic rings. The molecule has 7 heteroatoms. The molecule has 0 saturated carbocycles. The average molecular weight is 346 g/mol. The lowest BCUT2D eigenvalue weighted by Crippen LogP contribution is -2.05. The van der Waals surface area contributed by atoms with Gasteiger partial charge in [-0.25, -0.2) is 8.78 Å². The predicted octanol–water partition coefficient (Wildman–Crippen LogP) is 3.18. The number of nitrogen functional groups attached to an aromatic ring is 1. The van der Waals surface area contributed by atoms with E-state index in [0.717, 1.165) is 34.4 Å². The Bertz CT molecular complexity index is 643. The molecule has 0 atom stereocenters. The van der Waals surface area contributed by atoms with Crippen molar-refractivity contribution in [1.29, 1.82) is 0 Å². The molecule has 2 aromatic rings. The van der Waals surface area contributed by atoms with Gasteiger partial charge in [0.2, 0.25) is 0 Å². The van der Waals surface area contributed by atoms with Crippen LogP contribution >= 0.6 is 15.9 Å². The zero-order chi connectivity index (χ0) is 14.9. The van der Waals surface area contributed by atoms with Gasteiger partial charge in [0.25, 0.3) is 0 Å². The number of nitrogens with two attached hydrogens (primary N) is 1. The zero-order valence-electron chi connectivity index (χ0n) is 11.1. The highest BCUT2D eigenvalue weighted by atomic mass is 79.9. The fourth-order valence-electron chi connectivity index (χ4n) is 1.78. The topological polar surface area (TPSA) is 53.1 Å². The summed E-state index contributed by atoms with van der Waals surface area (Å²) in [6, 6.07) is 1.84. The van der Waals surface area contributed by atoms with Crippen LogP contribution in [0.3, 0.4) is 0 Å². The third kappa shape index (κ3) is 2.77. The fourth-order valence-corrected chi connectivity index (χ4v) is 2.51. The third-order valence-electron chi connectivity index (χ3n) is 2.92. The smallest absolute Gasteiger partial charge is 0.167 e. The standard InChI is InChI=1S/C13H14BrF2N3O/c1-3-10-13(14)11(19(2)18-10)6-20-12-5-7(15)9(17)4-8(12)16/h4-5H,3,6,17H2,1-2H3. The Balaban J connectivity index is 2.21. The number of ether oxygens (including phenoxy) is 1. The van der Waals surface area contributed by atoms with Gasteiger partial charge in [-0.2, -0.15) is 5.10 Å². The number of nitrogens with zero attached hydrogens (tertiary/aromatic N) is 2. The summed E-state index contributed by atoms with van der Waals surface area (Å²) in [7, 11) is 1.77. The van der Waals surface area contributed by atoms with E-state index in [9.17, 15) is 8.78 Å². The molecule has 2 rings (SSSR count). The molecule has 1 aromatic carbocycles. The van der Waals surface area contributed by atoms with Gasteiger partial charge >= 0.3 is 0 Å². The van der Waals surface area contributed by atoms with Crippen molar-refractivity contribution >= 4 is 21.6 Å². The molecular weight excluding hydrogens is 332 g/mol. The second-order valence-corrected chi connectivity index (χ2v) is 5.07. The minimum Gasteiger partial charge on any atom is -0.484 e. The van der Waals surface area contributed by atoms with E-state index in [2.05, 4.69) is 21.0 Å². The number of rotatable bonds is 4. The summed E-state index contributed by atoms with van der Waals surface area (Å²) in [6.07, 6.45) is 0.763. The van der Waals surface area contributed by atoms with Gasteiger partial charge in [-0.15, -0.1) is 0 Å². The van der Waals surface area contributed by atoms with Crippen LogP contribution in [0.2, 0.25) is 0 Å². The highest BCUT2D eigenvalue weighted by molar-refractivity contribution is 9.10. The summed E-state index contributed by atoms with van der Waals surface area (Å²) < 4.78 is 34.7. The molecule has 0 bridgehead atoms. The molecular formula is C13H14BrF2N3O. The highest BCUT2D eigenvalue weighted by Crippen LogP contribution is 2.26. The number of hydrogen-bond donors (Lipinski definition) is 1. The van der Waals surface area contributed by atoms with Crippen LogP contribution in [0, 0.1) is 11.6 Å². The van der Waals surface area contributed by atoms with E-state index >= 15 is 0 Å². The van der Waals surface area contributed by atoms with E-state index in [1.54, 1.807) is 11.7 Å². The molecule has 0 aliphatic heterocycles. The van der Waals surface area contributed by atoms with E-state index < -0.39 is 11.6 Å². The summed E-state index contributed by atoms with van der Waals surface area (Å²) in [5, 5.41) is 4.30. The minimum atomic E-state index is -0.709. The first kappa shape index (κ1) is 14.8. The summed E-state index contributed by atoms with van der Waals surface area (Å²) in [6.45, 7) is 2.05. The number of aromatic nitrogens is 2. The van der Waals surface area contributed by atoms with Crippen LogP contribution < -0.4 is 10.5 Å². The molecule has 4 nitrogen and oxygen atoms in total. The minimum absolute atomic E-state index is 0.0738. The molecule has 0 amide bonds. The lowest BCUT2D eigenvalue weighted by atomic mass is 10.3. The maximum atomic E-state index is 13.6. The molecule has 0 saturated heterocycles. The largest absolute Gasteiger partial charge is 0.484 e. The monoisotopic (exact) mass is 345 g/mol. The first-order chi connectivity index (χ1) is 9.43. The van der Waals surface area contributed by atoms with E-state index in [-0.39, 0.29) is 18.0 Å². The first-order valence-electron chi connectivity index (χ1n) is 6.01.